The molecule has 186 valence electrons. The zero-order valence-electron chi connectivity index (χ0n) is 19.3. The lowest BCUT2D eigenvalue weighted by molar-refractivity contribution is -0.500. The van der Waals surface area contributed by atoms with E-state index in [-0.39, 0.29) is 28.4 Å². The molecule has 0 aliphatic carbocycles. The molecule has 1 aromatic carbocycles. The Morgan fingerprint density at radius 1 is 1.31 bits per heavy atom. The summed E-state index contributed by atoms with van der Waals surface area (Å²) in [6.07, 6.45) is 0.826. The van der Waals surface area contributed by atoms with E-state index in [9.17, 15) is 14.5 Å². The van der Waals surface area contributed by atoms with Crippen molar-refractivity contribution in [2.75, 3.05) is 36.9 Å². The minimum Gasteiger partial charge on any atom is -0.399 e. The smallest absolute Gasteiger partial charge is 0.199 e. The van der Waals surface area contributed by atoms with Crippen molar-refractivity contribution in [3.63, 3.8) is 0 Å². The summed E-state index contributed by atoms with van der Waals surface area (Å²) in [7, 11) is 0. The monoisotopic (exact) mass is 519 g/mol. The van der Waals surface area contributed by atoms with Crippen LogP contribution in [0.5, 0.6) is 0 Å². The van der Waals surface area contributed by atoms with Crippen molar-refractivity contribution in [3.05, 3.63) is 56.3 Å². The fourth-order valence-corrected chi connectivity index (χ4v) is 6.85. The highest BCUT2D eigenvalue weighted by Gasteiger charge is 2.45. The summed E-state index contributed by atoms with van der Waals surface area (Å²) in [6, 6.07) is 6.82. The van der Waals surface area contributed by atoms with Crippen molar-refractivity contribution in [1.29, 1.82) is 0 Å². The third-order valence-corrected chi connectivity index (χ3v) is 8.92. The van der Waals surface area contributed by atoms with Crippen LogP contribution in [0.15, 0.2) is 34.5 Å². The maximum atomic E-state index is 14.5. The Balaban J connectivity index is 1.31. The molecule has 0 saturated carbocycles. The molecular weight excluding hydrogens is 493 g/mol. The average Bonchev–Trinajstić information content (AvgIpc) is 3.59. The molecule has 0 bridgehead atoms. The van der Waals surface area contributed by atoms with Gasteiger partial charge in [0, 0.05) is 36.7 Å². The van der Waals surface area contributed by atoms with Crippen LogP contribution in [-0.4, -0.2) is 66.7 Å². The van der Waals surface area contributed by atoms with Crippen molar-refractivity contribution in [1.82, 2.24) is 30.0 Å². The minimum atomic E-state index is -0.636. The van der Waals surface area contributed by atoms with E-state index in [1.807, 2.05) is 21.0 Å². The summed E-state index contributed by atoms with van der Waals surface area (Å²) in [4.78, 5) is 17.7. The lowest BCUT2D eigenvalue weighted by Gasteiger charge is -2.40. The number of benzene rings is 1. The van der Waals surface area contributed by atoms with Crippen molar-refractivity contribution >= 4 is 34.5 Å². The molecule has 3 unspecified atom stereocenters. The first-order valence-corrected chi connectivity index (χ1v) is 13.1. The van der Waals surface area contributed by atoms with Crippen LogP contribution >= 0.6 is 23.1 Å². The van der Waals surface area contributed by atoms with Gasteiger partial charge in [-0.15, -0.1) is 16.4 Å². The zero-order chi connectivity index (χ0) is 24.7. The fourth-order valence-electron chi connectivity index (χ4n) is 4.78. The number of rotatable bonds is 7. The molecule has 2 aliphatic heterocycles. The highest BCUT2D eigenvalue weighted by Crippen LogP contribution is 2.47. The number of hydrogen-bond acceptors (Lipinski definition) is 10. The molecule has 3 aromatic rings. The van der Waals surface area contributed by atoms with Gasteiger partial charge in [-0.25, -0.2) is 19.2 Å². The summed E-state index contributed by atoms with van der Waals surface area (Å²) >= 11 is 2.83. The number of nitrogen functional groups attached to an aromatic ring is 1. The van der Waals surface area contributed by atoms with Gasteiger partial charge in [0.2, 0.25) is 0 Å². The highest BCUT2D eigenvalue weighted by molar-refractivity contribution is 8.00. The van der Waals surface area contributed by atoms with Gasteiger partial charge in [0.25, 0.3) is 0 Å². The Labute approximate surface area is 209 Å². The Kier molecular flexibility index (Phi) is 6.61. The minimum absolute atomic E-state index is 0.0202. The number of anilines is 2. The van der Waals surface area contributed by atoms with E-state index in [0.717, 1.165) is 29.0 Å². The third kappa shape index (κ3) is 4.35. The number of hydrazine groups is 1. The van der Waals surface area contributed by atoms with Crippen molar-refractivity contribution in [3.8, 4) is 0 Å². The van der Waals surface area contributed by atoms with Crippen LogP contribution in [0.2, 0.25) is 0 Å². The second-order valence-corrected chi connectivity index (χ2v) is 10.6. The Morgan fingerprint density at radius 2 is 2.09 bits per heavy atom. The molecule has 2 aromatic heterocycles. The first kappa shape index (κ1) is 23.9. The van der Waals surface area contributed by atoms with Crippen LogP contribution in [0.3, 0.4) is 0 Å². The zero-order valence-corrected chi connectivity index (χ0v) is 21.0. The van der Waals surface area contributed by atoms with E-state index in [0.29, 0.717) is 26.2 Å². The average molecular weight is 520 g/mol. The predicted octanol–water partition coefficient (Wildman–Crippen LogP) is 3.22. The summed E-state index contributed by atoms with van der Waals surface area (Å²) < 4.78 is 16.4. The van der Waals surface area contributed by atoms with E-state index in [4.69, 9.17) is 5.73 Å². The van der Waals surface area contributed by atoms with Gasteiger partial charge in [0.1, 0.15) is 11.5 Å². The molecular formula is C21H26FN9O2S2. The van der Waals surface area contributed by atoms with E-state index >= 15 is 0 Å². The lowest BCUT2D eigenvalue weighted by atomic mass is 10.1. The fraction of sp³-hybridized carbons (Fsp3) is 0.476. The van der Waals surface area contributed by atoms with Crippen LogP contribution in [0.25, 0.3) is 0 Å². The Bertz CT molecular complexity index is 1200. The second kappa shape index (κ2) is 9.68. The van der Waals surface area contributed by atoms with Gasteiger partial charge in [-0.2, -0.15) is 0 Å². The summed E-state index contributed by atoms with van der Waals surface area (Å²) in [5, 5.41) is 27.1. The predicted molar refractivity (Wildman–Crippen MR) is 132 cm³/mol. The number of aromatic nitrogens is 4. The van der Waals surface area contributed by atoms with E-state index in [1.54, 1.807) is 11.3 Å². The van der Waals surface area contributed by atoms with Crippen LogP contribution in [-0.2, 0) is 0 Å². The van der Waals surface area contributed by atoms with Gasteiger partial charge in [0.05, 0.1) is 17.0 Å². The molecule has 1 saturated heterocycles. The normalized spacial score (nSPS) is 20.7. The molecule has 2 aliphatic rings. The molecule has 4 heterocycles. The topological polar surface area (TPSA) is 122 Å². The lowest BCUT2D eigenvalue weighted by Crippen LogP contribution is -2.55. The van der Waals surface area contributed by atoms with Crippen LogP contribution < -0.4 is 10.7 Å². The number of tetrazole rings is 1. The van der Waals surface area contributed by atoms with Crippen LogP contribution in [0.4, 0.5) is 15.8 Å². The first-order valence-electron chi connectivity index (χ1n) is 11.4. The summed E-state index contributed by atoms with van der Waals surface area (Å²) in [5.41, 5.74) is 5.50. The number of nitrogens with zero attached hydrogens (tertiary/aromatic N) is 8. The number of thiophene rings is 1. The molecule has 5 rings (SSSR count). The van der Waals surface area contributed by atoms with Gasteiger partial charge < -0.3 is 5.73 Å². The second-order valence-electron chi connectivity index (χ2n) is 8.55. The number of hydrogen-bond donors (Lipinski definition) is 1. The van der Waals surface area contributed by atoms with Gasteiger partial charge in [-0.3, -0.25) is 9.80 Å². The standard InChI is InChI=1S/C21H26FN9O2S2/c1-3-16(20-24-25-26-29(20)13(2)18-5-4-10-34-18)27-6-8-28(9-7-27)21-30(31(32)33)17-12-14(23)11-15(22)19(17)35-21/h4-5,10-13,16,21H,3,6-9,23H2,1-2H3. The van der Waals surface area contributed by atoms with E-state index in [1.165, 1.54) is 17.0 Å². The Hall–Kier alpha value is -2.81. The molecule has 1 fully saturated rings. The number of fused-ring (bicyclic) bond motifs is 1. The Morgan fingerprint density at radius 3 is 2.74 bits per heavy atom. The van der Waals surface area contributed by atoms with Gasteiger partial charge in [-0.05, 0) is 47.4 Å². The van der Waals surface area contributed by atoms with Gasteiger partial charge >= 0.3 is 0 Å². The highest BCUT2D eigenvalue weighted by atomic mass is 32.2. The number of piperazine rings is 1. The van der Waals surface area contributed by atoms with E-state index in [2.05, 4.69) is 40.3 Å². The maximum Gasteiger partial charge on any atom is 0.199 e. The SMILES string of the molecule is CCC(c1nnnn1C(C)c1cccs1)N1CCN(C2Sc3c(F)cc(N)cc3N2[N+](=O)[O-])CC1. The van der Waals surface area contributed by atoms with Crippen molar-refractivity contribution in [2.45, 2.75) is 42.7 Å². The van der Waals surface area contributed by atoms with Crippen molar-refractivity contribution in [2.24, 2.45) is 0 Å². The first-order chi connectivity index (χ1) is 16.9. The molecule has 35 heavy (non-hydrogen) atoms. The molecule has 11 nitrogen and oxygen atoms in total. The molecule has 0 radical (unpaired) electrons. The number of nitrogens with two attached hydrogens (primary N) is 1. The van der Waals surface area contributed by atoms with Gasteiger partial charge in [0.15, 0.2) is 16.4 Å². The van der Waals surface area contributed by atoms with Crippen molar-refractivity contribution < 1.29 is 9.42 Å². The van der Waals surface area contributed by atoms with Gasteiger partial charge in [-0.1, -0.05) is 29.8 Å². The molecule has 2 N–H and O–H groups in total. The molecule has 3 atom stereocenters. The van der Waals surface area contributed by atoms with Crippen LogP contribution in [0.1, 0.15) is 43.1 Å². The number of halogens is 1. The van der Waals surface area contributed by atoms with Crippen LogP contribution in [0, 0.1) is 15.9 Å². The molecule has 14 heteroatoms. The molecule has 0 spiro atoms. The van der Waals surface area contributed by atoms with E-state index < -0.39 is 16.3 Å². The molecule has 0 amide bonds. The third-order valence-electron chi connectivity index (χ3n) is 6.53. The number of nitro groups is 1. The number of thioether (sulfide) groups is 1. The summed E-state index contributed by atoms with van der Waals surface area (Å²) in [6.45, 7) is 6.74. The quantitative estimate of drug-likeness (QED) is 0.283. The summed E-state index contributed by atoms with van der Waals surface area (Å²) in [5.74, 6) is 0.282. The largest absolute Gasteiger partial charge is 0.399 e. The maximum absolute atomic E-state index is 14.5.